The first-order valence-electron chi connectivity index (χ1n) is 5.13. The van der Waals surface area contributed by atoms with E-state index >= 15 is 0 Å². The van der Waals surface area contributed by atoms with Crippen molar-refractivity contribution in [1.29, 1.82) is 0 Å². The van der Waals surface area contributed by atoms with Crippen LogP contribution in [0.3, 0.4) is 0 Å². The predicted octanol–water partition coefficient (Wildman–Crippen LogP) is 2.78. The Balaban J connectivity index is 2.24. The highest BCUT2D eigenvalue weighted by atomic mass is 79.9. The number of hydrogen-bond donors (Lipinski definition) is 2. The maximum absolute atomic E-state index is 5.18. The molecule has 0 unspecified atom stereocenters. The van der Waals surface area contributed by atoms with E-state index in [1.807, 2.05) is 30.3 Å². The number of benzene rings is 1. The topological polar surface area (TPSA) is 76.8 Å². The second-order valence-electron chi connectivity index (χ2n) is 3.45. The van der Waals surface area contributed by atoms with Gasteiger partial charge in [-0.25, -0.2) is 0 Å². The Bertz CT molecular complexity index is 600. The van der Waals surface area contributed by atoms with E-state index in [0.717, 1.165) is 19.8 Å². The largest absolute Gasteiger partial charge is 0.369 e. The van der Waals surface area contributed by atoms with Gasteiger partial charge in [0.1, 0.15) is 0 Å². The van der Waals surface area contributed by atoms with Crippen molar-refractivity contribution in [1.82, 2.24) is 0 Å². The van der Waals surface area contributed by atoms with Crippen molar-refractivity contribution in [2.75, 3.05) is 0 Å². The standard InChI is InChI=1S/C12H11BrN4S/c13-10-4-2-1-3-9(10)11-6-5-8(18-11)7-16-17-12(14)15/h1-7H,(H4,14,15,17). The summed E-state index contributed by atoms with van der Waals surface area (Å²) in [6.07, 6.45) is 1.63. The molecule has 0 radical (unpaired) electrons. The molecule has 1 aromatic carbocycles. The lowest BCUT2D eigenvalue weighted by atomic mass is 10.2. The average Bonchev–Trinajstić information content (AvgIpc) is 2.78. The Labute approximate surface area is 117 Å². The molecule has 0 saturated carbocycles. The van der Waals surface area contributed by atoms with Gasteiger partial charge in [0.05, 0.1) is 6.21 Å². The fraction of sp³-hybridized carbons (Fsp3) is 0. The predicted molar refractivity (Wildman–Crippen MR) is 80.9 cm³/mol. The van der Waals surface area contributed by atoms with Gasteiger partial charge in [-0.1, -0.05) is 34.1 Å². The van der Waals surface area contributed by atoms with E-state index in [1.54, 1.807) is 17.6 Å². The molecule has 4 nitrogen and oxygen atoms in total. The number of nitrogens with zero attached hydrogens (tertiary/aromatic N) is 2. The summed E-state index contributed by atoms with van der Waals surface area (Å²) in [5, 5.41) is 7.34. The Hall–Kier alpha value is -1.66. The summed E-state index contributed by atoms with van der Waals surface area (Å²) in [4.78, 5) is 2.15. The summed E-state index contributed by atoms with van der Waals surface area (Å²) in [6, 6.07) is 12.1. The summed E-state index contributed by atoms with van der Waals surface area (Å²) in [7, 11) is 0. The summed E-state index contributed by atoms with van der Waals surface area (Å²) >= 11 is 5.15. The van der Waals surface area contributed by atoms with Crippen LogP contribution < -0.4 is 11.5 Å². The van der Waals surface area contributed by atoms with E-state index in [1.165, 1.54) is 0 Å². The molecule has 0 aliphatic carbocycles. The van der Waals surface area contributed by atoms with Crippen LogP contribution >= 0.6 is 27.3 Å². The van der Waals surface area contributed by atoms with Crippen molar-refractivity contribution in [3.8, 4) is 10.4 Å². The Morgan fingerprint density at radius 2 is 1.94 bits per heavy atom. The fourth-order valence-electron chi connectivity index (χ4n) is 1.38. The van der Waals surface area contributed by atoms with E-state index < -0.39 is 0 Å². The number of nitrogens with two attached hydrogens (primary N) is 2. The molecule has 0 atom stereocenters. The van der Waals surface area contributed by atoms with Gasteiger partial charge in [-0.15, -0.1) is 16.4 Å². The minimum Gasteiger partial charge on any atom is -0.369 e. The second kappa shape index (κ2) is 5.79. The number of rotatable bonds is 3. The molecular formula is C12H11BrN4S. The van der Waals surface area contributed by atoms with Gasteiger partial charge in [0.15, 0.2) is 0 Å². The lowest BCUT2D eigenvalue weighted by Gasteiger charge is -1.99. The third-order valence-electron chi connectivity index (χ3n) is 2.12. The maximum Gasteiger partial charge on any atom is 0.211 e. The van der Waals surface area contributed by atoms with Crippen molar-refractivity contribution >= 4 is 39.4 Å². The number of thiophene rings is 1. The van der Waals surface area contributed by atoms with E-state index in [-0.39, 0.29) is 5.96 Å². The van der Waals surface area contributed by atoms with Crippen molar-refractivity contribution < 1.29 is 0 Å². The van der Waals surface area contributed by atoms with Crippen LogP contribution in [0.25, 0.3) is 10.4 Å². The lowest BCUT2D eigenvalue weighted by Crippen LogP contribution is -2.21. The van der Waals surface area contributed by atoms with Gasteiger partial charge in [-0.3, -0.25) is 0 Å². The van der Waals surface area contributed by atoms with E-state index in [0.29, 0.717) is 0 Å². The quantitative estimate of drug-likeness (QED) is 0.518. The molecule has 0 saturated heterocycles. The number of hydrogen-bond acceptors (Lipinski definition) is 3. The van der Waals surface area contributed by atoms with Crippen LogP contribution in [0.1, 0.15) is 4.88 Å². The van der Waals surface area contributed by atoms with E-state index in [2.05, 4.69) is 32.2 Å². The number of guanidine groups is 1. The molecule has 0 spiro atoms. The van der Waals surface area contributed by atoms with Gasteiger partial charge in [-0.05, 0) is 18.2 Å². The van der Waals surface area contributed by atoms with Gasteiger partial charge >= 0.3 is 0 Å². The van der Waals surface area contributed by atoms with Gasteiger partial charge in [0, 0.05) is 19.8 Å². The van der Waals surface area contributed by atoms with Crippen molar-refractivity contribution in [3.05, 3.63) is 45.7 Å². The molecule has 0 fully saturated rings. The fourth-order valence-corrected chi connectivity index (χ4v) is 2.92. The van der Waals surface area contributed by atoms with Gasteiger partial charge in [0.25, 0.3) is 0 Å². The Morgan fingerprint density at radius 3 is 2.67 bits per heavy atom. The first kappa shape index (κ1) is 12.8. The normalized spacial score (nSPS) is 10.7. The summed E-state index contributed by atoms with van der Waals surface area (Å²) in [5.74, 6) is -0.0474. The van der Waals surface area contributed by atoms with E-state index in [9.17, 15) is 0 Å². The summed E-state index contributed by atoms with van der Waals surface area (Å²) in [6.45, 7) is 0. The van der Waals surface area contributed by atoms with Crippen molar-refractivity contribution in [2.45, 2.75) is 0 Å². The van der Waals surface area contributed by atoms with Crippen LogP contribution in [0.15, 0.2) is 51.1 Å². The van der Waals surface area contributed by atoms with Gasteiger partial charge in [0.2, 0.25) is 5.96 Å². The molecule has 0 bridgehead atoms. The SMILES string of the molecule is NC(N)=NN=Cc1ccc(-c2ccccc2Br)s1. The molecule has 2 rings (SSSR count). The van der Waals surface area contributed by atoms with Crippen molar-refractivity contribution in [3.63, 3.8) is 0 Å². The highest BCUT2D eigenvalue weighted by Crippen LogP contribution is 2.32. The molecule has 92 valence electrons. The maximum atomic E-state index is 5.18. The smallest absolute Gasteiger partial charge is 0.211 e. The molecule has 0 aliphatic heterocycles. The van der Waals surface area contributed by atoms with Crippen LogP contribution in [0.4, 0.5) is 0 Å². The van der Waals surface area contributed by atoms with Crippen LogP contribution in [0, 0.1) is 0 Å². The zero-order valence-corrected chi connectivity index (χ0v) is 11.8. The molecule has 2 aromatic rings. The molecule has 1 aromatic heterocycles. The van der Waals surface area contributed by atoms with Crippen LogP contribution in [-0.4, -0.2) is 12.2 Å². The first-order chi connectivity index (χ1) is 8.66. The highest BCUT2D eigenvalue weighted by Gasteiger charge is 2.04. The second-order valence-corrected chi connectivity index (χ2v) is 5.42. The summed E-state index contributed by atoms with van der Waals surface area (Å²) in [5.41, 5.74) is 11.5. The Kier molecular flexibility index (Phi) is 4.11. The molecule has 6 heteroatoms. The van der Waals surface area contributed by atoms with Crippen LogP contribution in [0.2, 0.25) is 0 Å². The molecule has 0 amide bonds. The van der Waals surface area contributed by atoms with Gasteiger partial charge in [-0.2, -0.15) is 5.10 Å². The summed E-state index contributed by atoms with van der Waals surface area (Å²) < 4.78 is 1.07. The number of halogens is 1. The minimum atomic E-state index is -0.0474. The molecular weight excluding hydrogens is 312 g/mol. The first-order valence-corrected chi connectivity index (χ1v) is 6.74. The zero-order chi connectivity index (χ0) is 13.0. The van der Waals surface area contributed by atoms with Gasteiger partial charge < -0.3 is 11.5 Å². The minimum absolute atomic E-state index is 0.0474. The molecule has 0 aliphatic rings. The zero-order valence-electron chi connectivity index (χ0n) is 9.38. The third kappa shape index (κ3) is 3.18. The van der Waals surface area contributed by atoms with E-state index in [4.69, 9.17) is 11.5 Å². The molecule has 1 heterocycles. The van der Waals surface area contributed by atoms with Crippen LogP contribution in [0.5, 0.6) is 0 Å². The molecule has 18 heavy (non-hydrogen) atoms. The Morgan fingerprint density at radius 1 is 1.17 bits per heavy atom. The third-order valence-corrected chi connectivity index (χ3v) is 3.87. The molecule has 4 N–H and O–H groups in total. The van der Waals surface area contributed by atoms with Crippen LogP contribution in [-0.2, 0) is 0 Å². The monoisotopic (exact) mass is 322 g/mol. The highest BCUT2D eigenvalue weighted by molar-refractivity contribution is 9.10. The average molecular weight is 323 g/mol. The van der Waals surface area contributed by atoms with Crippen molar-refractivity contribution in [2.24, 2.45) is 21.7 Å². The lowest BCUT2D eigenvalue weighted by molar-refractivity contribution is 1.22.